The number of hydrogen-bond acceptors (Lipinski definition) is 3. The van der Waals surface area contributed by atoms with Crippen LogP contribution in [0.15, 0.2) is 18.2 Å². The summed E-state index contributed by atoms with van der Waals surface area (Å²) in [4.78, 5) is 12.9. The van der Waals surface area contributed by atoms with Gasteiger partial charge in [0.25, 0.3) is 5.69 Å². The van der Waals surface area contributed by atoms with E-state index in [9.17, 15) is 10.1 Å². The third kappa shape index (κ3) is 2.66. The van der Waals surface area contributed by atoms with Crippen molar-refractivity contribution in [3.63, 3.8) is 0 Å². The van der Waals surface area contributed by atoms with Crippen molar-refractivity contribution < 1.29 is 4.92 Å². The van der Waals surface area contributed by atoms with E-state index in [2.05, 4.69) is 27.8 Å². The first-order chi connectivity index (χ1) is 8.63. The molecule has 0 aliphatic carbocycles. The second-order valence-electron chi connectivity index (χ2n) is 4.74. The molecule has 0 aromatic heterocycles. The van der Waals surface area contributed by atoms with Crippen LogP contribution in [0.1, 0.15) is 31.7 Å². The number of rotatable bonds is 3. The Kier molecular flexibility index (Phi) is 4.22. The smallest absolute Gasteiger partial charge is 0.273 e. The fraction of sp³-hybridized carbons (Fsp3) is 0.538. The minimum absolute atomic E-state index is 0.195. The van der Waals surface area contributed by atoms with Crippen LogP contribution in [0.4, 0.5) is 11.4 Å². The predicted molar refractivity (Wildman–Crippen MR) is 76.4 cm³/mol. The number of anilines is 1. The van der Waals surface area contributed by atoms with Crippen molar-refractivity contribution in [1.29, 1.82) is 0 Å². The van der Waals surface area contributed by atoms with Crippen molar-refractivity contribution in [2.75, 3.05) is 11.4 Å². The number of alkyl halides is 1. The van der Waals surface area contributed by atoms with Gasteiger partial charge in [0.15, 0.2) is 0 Å². The Labute approximate surface area is 115 Å². The Morgan fingerprint density at radius 3 is 2.89 bits per heavy atom. The molecule has 1 saturated heterocycles. The first-order valence-corrected chi connectivity index (χ1v) is 7.35. The molecule has 1 heterocycles. The van der Waals surface area contributed by atoms with Crippen LogP contribution in [0.25, 0.3) is 0 Å². The molecule has 0 radical (unpaired) electrons. The molecule has 1 aromatic rings. The van der Waals surface area contributed by atoms with Gasteiger partial charge in [0.1, 0.15) is 0 Å². The molecule has 4 nitrogen and oxygen atoms in total. The molecule has 0 spiro atoms. The number of nitro benzene ring substituents is 1. The minimum Gasteiger partial charge on any atom is -0.369 e. The van der Waals surface area contributed by atoms with Crippen LogP contribution >= 0.6 is 15.9 Å². The van der Waals surface area contributed by atoms with E-state index in [1.165, 1.54) is 19.3 Å². The van der Waals surface area contributed by atoms with Crippen LogP contribution in [0.5, 0.6) is 0 Å². The lowest BCUT2D eigenvalue weighted by atomic mass is 10.0. The average molecular weight is 313 g/mol. The molecule has 1 aliphatic rings. The van der Waals surface area contributed by atoms with E-state index in [-0.39, 0.29) is 10.6 Å². The van der Waals surface area contributed by atoms with Crippen molar-refractivity contribution in [2.45, 2.75) is 37.6 Å². The van der Waals surface area contributed by atoms with E-state index in [1.54, 1.807) is 6.07 Å². The molecule has 1 aromatic carbocycles. The van der Waals surface area contributed by atoms with Gasteiger partial charge in [0, 0.05) is 35.2 Å². The summed E-state index contributed by atoms with van der Waals surface area (Å²) in [6.45, 7) is 3.26. The Balaban J connectivity index is 2.31. The molecule has 0 saturated carbocycles. The second-order valence-corrected chi connectivity index (χ2v) is 5.30. The number of hydrogen-bond donors (Lipinski definition) is 0. The lowest BCUT2D eigenvalue weighted by Gasteiger charge is -2.35. The summed E-state index contributed by atoms with van der Waals surface area (Å²) < 4.78 is 0. The van der Waals surface area contributed by atoms with Gasteiger partial charge in [0.2, 0.25) is 0 Å². The highest BCUT2D eigenvalue weighted by Crippen LogP contribution is 2.30. The highest BCUT2D eigenvalue weighted by Gasteiger charge is 2.21. The maximum Gasteiger partial charge on any atom is 0.273 e. The Morgan fingerprint density at radius 1 is 1.50 bits per heavy atom. The molecule has 0 N–H and O–H groups in total. The lowest BCUT2D eigenvalue weighted by molar-refractivity contribution is -0.385. The summed E-state index contributed by atoms with van der Waals surface area (Å²) in [5, 5.41) is 11.4. The Hall–Kier alpha value is -1.10. The van der Waals surface area contributed by atoms with Crippen LogP contribution in [-0.2, 0) is 5.33 Å². The average Bonchev–Trinajstić information content (AvgIpc) is 2.38. The van der Waals surface area contributed by atoms with Gasteiger partial charge in [-0.1, -0.05) is 15.9 Å². The van der Waals surface area contributed by atoms with Crippen molar-refractivity contribution in [1.82, 2.24) is 0 Å². The standard InChI is InChI=1S/C13H17BrN2O2/c1-10-4-2-3-7-15(10)12-5-6-13(16(17)18)11(8-12)9-14/h5-6,8,10H,2-4,7,9H2,1H3. The molecule has 98 valence electrons. The van der Waals surface area contributed by atoms with Crippen molar-refractivity contribution in [3.05, 3.63) is 33.9 Å². The van der Waals surface area contributed by atoms with Gasteiger partial charge in [-0.2, -0.15) is 0 Å². The number of nitrogens with zero attached hydrogens (tertiary/aromatic N) is 2. The number of nitro groups is 1. The third-order valence-electron chi connectivity index (χ3n) is 3.54. The molecular formula is C13H17BrN2O2. The number of piperidine rings is 1. The van der Waals surface area contributed by atoms with E-state index >= 15 is 0 Å². The summed E-state index contributed by atoms with van der Waals surface area (Å²) in [5.74, 6) is 0. The number of benzene rings is 1. The molecular weight excluding hydrogens is 296 g/mol. The monoisotopic (exact) mass is 312 g/mol. The topological polar surface area (TPSA) is 46.4 Å². The molecule has 1 unspecified atom stereocenters. The highest BCUT2D eigenvalue weighted by atomic mass is 79.9. The summed E-state index contributed by atoms with van der Waals surface area (Å²) >= 11 is 3.33. The van der Waals surface area contributed by atoms with E-state index in [0.29, 0.717) is 11.4 Å². The highest BCUT2D eigenvalue weighted by molar-refractivity contribution is 9.08. The molecule has 0 amide bonds. The van der Waals surface area contributed by atoms with Crippen LogP contribution in [-0.4, -0.2) is 17.5 Å². The molecule has 1 fully saturated rings. The minimum atomic E-state index is -0.319. The number of halogens is 1. The summed E-state index contributed by atoms with van der Waals surface area (Å²) in [5.41, 5.74) is 2.04. The van der Waals surface area contributed by atoms with Crippen LogP contribution in [0.3, 0.4) is 0 Å². The zero-order chi connectivity index (χ0) is 13.1. The van der Waals surface area contributed by atoms with Gasteiger partial charge in [-0.05, 0) is 38.3 Å². The SMILES string of the molecule is CC1CCCCN1c1ccc([N+](=O)[O-])c(CBr)c1. The third-order valence-corrected chi connectivity index (χ3v) is 4.14. The zero-order valence-corrected chi connectivity index (χ0v) is 12.0. The molecule has 2 rings (SSSR count). The Bertz CT molecular complexity index is 451. The first-order valence-electron chi connectivity index (χ1n) is 6.23. The fourth-order valence-electron chi connectivity index (χ4n) is 2.52. The van der Waals surface area contributed by atoms with Crippen LogP contribution in [0, 0.1) is 10.1 Å². The molecule has 18 heavy (non-hydrogen) atoms. The Morgan fingerprint density at radius 2 is 2.28 bits per heavy atom. The maximum absolute atomic E-state index is 10.9. The van der Waals surface area contributed by atoms with Gasteiger partial charge in [-0.15, -0.1) is 0 Å². The van der Waals surface area contributed by atoms with Gasteiger partial charge in [0.05, 0.1) is 4.92 Å². The van der Waals surface area contributed by atoms with Crippen molar-refractivity contribution in [3.8, 4) is 0 Å². The van der Waals surface area contributed by atoms with E-state index in [1.807, 2.05) is 12.1 Å². The zero-order valence-electron chi connectivity index (χ0n) is 10.4. The molecule has 1 atom stereocenters. The van der Waals surface area contributed by atoms with Gasteiger partial charge in [-0.3, -0.25) is 10.1 Å². The van der Waals surface area contributed by atoms with Gasteiger partial charge >= 0.3 is 0 Å². The van der Waals surface area contributed by atoms with Gasteiger partial charge < -0.3 is 4.90 Å². The second kappa shape index (κ2) is 5.69. The molecule has 0 bridgehead atoms. The normalized spacial score (nSPS) is 19.9. The van der Waals surface area contributed by atoms with E-state index < -0.39 is 0 Å². The van der Waals surface area contributed by atoms with E-state index in [0.717, 1.165) is 17.8 Å². The van der Waals surface area contributed by atoms with Gasteiger partial charge in [-0.25, -0.2) is 0 Å². The fourth-order valence-corrected chi connectivity index (χ4v) is 2.97. The lowest BCUT2D eigenvalue weighted by Crippen LogP contribution is -2.37. The largest absolute Gasteiger partial charge is 0.369 e. The summed E-state index contributed by atoms with van der Waals surface area (Å²) in [6, 6.07) is 5.94. The molecule has 5 heteroatoms. The van der Waals surface area contributed by atoms with Crippen molar-refractivity contribution in [2.24, 2.45) is 0 Å². The molecule has 1 aliphatic heterocycles. The first kappa shape index (κ1) is 13.3. The quantitative estimate of drug-likeness (QED) is 0.483. The van der Waals surface area contributed by atoms with Crippen LogP contribution < -0.4 is 4.90 Å². The van der Waals surface area contributed by atoms with Crippen molar-refractivity contribution >= 4 is 27.3 Å². The van der Waals surface area contributed by atoms with E-state index in [4.69, 9.17) is 0 Å². The predicted octanol–water partition coefficient (Wildman–Crippen LogP) is 3.87. The maximum atomic E-state index is 10.9. The summed E-state index contributed by atoms with van der Waals surface area (Å²) in [6.07, 6.45) is 3.67. The summed E-state index contributed by atoms with van der Waals surface area (Å²) in [7, 11) is 0. The van der Waals surface area contributed by atoms with Crippen LogP contribution in [0.2, 0.25) is 0 Å².